The summed E-state index contributed by atoms with van der Waals surface area (Å²) in [4.78, 5) is 5.30. The van der Waals surface area contributed by atoms with Crippen LogP contribution >= 0.6 is 0 Å². The van der Waals surface area contributed by atoms with Gasteiger partial charge in [0.25, 0.3) is 0 Å². The zero-order valence-electron chi connectivity index (χ0n) is 12.4. The van der Waals surface area contributed by atoms with Crippen molar-refractivity contribution in [1.29, 1.82) is 0 Å². The van der Waals surface area contributed by atoms with Gasteiger partial charge in [-0.3, -0.25) is 9.80 Å². The number of hydrogen-bond acceptors (Lipinski definition) is 2. The normalized spacial score (nSPS) is 22.8. The molecule has 2 fully saturated rings. The van der Waals surface area contributed by atoms with Gasteiger partial charge in [-0.05, 0) is 18.4 Å². The number of nitrogens with zero attached hydrogens (tertiary/aromatic N) is 2. The van der Waals surface area contributed by atoms with Crippen molar-refractivity contribution in [2.75, 3.05) is 32.7 Å². The summed E-state index contributed by atoms with van der Waals surface area (Å²) >= 11 is 0. The summed E-state index contributed by atoms with van der Waals surface area (Å²) in [5.41, 5.74) is 1.30. The van der Waals surface area contributed by atoms with E-state index in [1.807, 2.05) is 0 Å². The van der Waals surface area contributed by atoms with E-state index < -0.39 is 0 Å². The predicted molar refractivity (Wildman–Crippen MR) is 85.7 cm³/mol. The summed E-state index contributed by atoms with van der Waals surface area (Å²) in [6, 6.07) is 11.5. The van der Waals surface area contributed by atoms with Crippen LogP contribution in [0.5, 0.6) is 0 Å². The average Bonchev–Trinajstić information content (AvgIpc) is 3.03. The van der Waals surface area contributed by atoms with Crippen LogP contribution in [0.3, 0.4) is 0 Å². The highest BCUT2D eigenvalue weighted by Crippen LogP contribution is 2.24. The van der Waals surface area contributed by atoms with E-state index in [1.165, 1.54) is 57.4 Å². The quantitative estimate of drug-likeness (QED) is 0.828. The minimum Gasteiger partial charge on any atom is -0.298 e. The standard InChI is InChI=1S/C18H26N2/c1-2-7-17(8-3-1)9-6-12-19-13-15-20(16-14-19)18-10-4-5-11-18/h1-3,6-9,18H,4-5,10-16H2. The van der Waals surface area contributed by atoms with Gasteiger partial charge in [0.1, 0.15) is 0 Å². The molecule has 1 heterocycles. The molecule has 2 aliphatic rings. The van der Waals surface area contributed by atoms with Gasteiger partial charge in [-0.25, -0.2) is 0 Å². The van der Waals surface area contributed by atoms with Crippen molar-refractivity contribution in [2.45, 2.75) is 31.7 Å². The van der Waals surface area contributed by atoms with Gasteiger partial charge >= 0.3 is 0 Å². The number of rotatable bonds is 4. The molecule has 1 saturated heterocycles. The van der Waals surface area contributed by atoms with Crippen LogP contribution in [0.15, 0.2) is 36.4 Å². The fourth-order valence-electron chi connectivity index (χ4n) is 3.48. The van der Waals surface area contributed by atoms with Gasteiger partial charge in [0.2, 0.25) is 0 Å². The summed E-state index contributed by atoms with van der Waals surface area (Å²) in [5, 5.41) is 0. The van der Waals surface area contributed by atoms with Crippen LogP contribution in [0.1, 0.15) is 31.2 Å². The van der Waals surface area contributed by atoms with Crippen LogP contribution in [-0.4, -0.2) is 48.6 Å². The minimum atomic E-state index is 0.900. The number of benzene rings is 1. The van der Waals surface area contributed by atoms with Gasteiger partial charge in [0.15, 0.2) is 0 Å². The van der Waals surface area contributed by atoms with E-state index in [0.717, 1.165) is 12.6 Å². The first-order valence-corrected chi connectivity index (χ1v) is 8.10. The molecular formula is C18H26N2. The Morgan fingerprint density at radius 2 is 1.65 bits per heavy atom. The van der Waals surface area contributed by atoms with Crippen LogP contribution in [0.25, 0.3) is 6.08 Å². The van der Waals surface area contributed by atoms with Crippen molar-refractivity contribution in [1.82, 2.24) is 9.80 Å². The monoisotopic (exact) mass is 270 g/mol. The van der Waals surface area contributed by atoms with Gasteiger partial charge in [0, 0.05) is 38.8 Å². The van der Waals surface area contributed by atoms with Crippen molar-refractivity contribution in [3.8, 4) is 0 Å². The summed E-state index contributed by atoms with van der Waals surface area (Å²) in [6.45, 7) is 6.09. The summed E-state index contributed by atoms with van der Waals surface area (Å²) in [7, 11) is 0. The van der Waals surface area contributed by atoms with Crippen molar-refractivity contribution >= 4 is 6.08 Å². The van der Waals surface area contributed by atoms with Crippen LogP contribution < -0.4 is 0 Å². The zero-order valence-corrected chi connectivity index (χ0v) is 12.4. The Morgan fingerprint density at radius 3 is 2.35 bits per heavy atom. The molecule has 1 aliphatic heterocycles. The molecule has 3 rings (SSSR count). The molecule has 0 amide bonds. The van der Waals surface area contributed by atoms with E-state index in [0.29, 0.717) is 0 Å². The highest BCUT2D eigenvalue weighted by atomic mass is 15.3. The van der Waals surface area contributed by atoms with Gasteiger partial charge in [-0.2, -0.15) is 0 Å². The highest BCUT2D eigenvalue weighted by Gasteiger charge is 2.25. The van der Waals surface area contributed by atoms with E-state index in [9.17, 15) is 0 Å². The molecule has 2 heteroatoms. The Labute approximate surface area is 123 Å². The molecule has 0 aromatic heterocycles. The van der Waals surface area contributed by atoms with Crippen molar-refractivity contribution in [3.63, 3.8) is 0 Å². The number of hydrogen-bond donors (Lipinski definition) is 0. The molecule has 108 valence electrons. The van der Waals surface area contributed by atoms with Gasteiger partial charge in [-0.15, -0.1) is 0 Å². The largest absolute Gasteiger partial charge is 0.298 e. The summed E-state index contributed by atoms with van der Waals surface area (Å²) < 4.78 is 0. The van der Waals surface area contributed by atoms with E-state index in [2.05, 4.69) is 52.3 Å². The molecule has 0 spiro atoms. The van der Waals surface area contributed by atoms with E-state index in [-0.39, 0.29) is 0 Å². The van der Waals surface area contributed by atoms with Gasteiger partial charge in [-0.1, -0.05) is 55.3 Å². The second-order valence-corrected chi connectivity index (χ2v) is 6.09. The molecule has 1 aromatic rings. The number of piperazine rings is 1. The first-order chi connectivity index (χ1) is 9.92. The highest BCUT2D eigenvalue weighted by molar-refractivity contribution is 5.48. The van der Waals surface area contributed by atoms with Crippen LogP contribution in [0.2, 0.25) is 0 Å². The van der Waals surface area contributed by atoms with Gasteiger partial charge < -0.3 is 0 Å². The Balaban J connectivity index is 1.41. The summed E-state index contributed by atoms with van der Waals surface area (Å²) in [6.07, 6.45) is 10.3. The lowest BCUT2D eigenvalue weighted by Crippen LogP contribution is -2.49. The first-order valence-electron chi connectivity index (χ1n) is 8.10. The smallest absolute Gasteiger partial charge is 0.0167 e. The van der Waals surface area contributed by atoms with E-state index >= 15 is 0 Å². The molecule has 0 bridgehead atoms. The molecular weight excluding hydrogens is 244 g/mol. The van der Waals surface area contributed by atoms with Crippen LogP contribution in [-0.2, 0) is 0 Å². The third-order valence-electron chi connectivity index (χ3n) is 4.72. The summed E-state index contributed by atoms with van der Waals surface area (Å²) in [5.74, 6) is 0. The average molecular weight is 270 g/mol. The molecule has 1 aliphatic carbocycles. The fourth-order valence-corrected chi connectivity index (χ4v) is 3.48. The molecule has 0 N–H and O–H groups in total. The predicted octanol–water partition coefficient (Wildman–Crippen LogP) is 3.26. The molecule has 0 atom stereocenters. The van der Waals surface area contributed by atoms with Gasteiger partial charge in [0.05, 0.1) is 0 Å². The third-order valence-corrected chi connectivity index (χ3v) is 4.72. The first kappa shape index (κ1) is 13.8. The molecule has 0 radical (unpaired) electrons. The third kappa shape index (κ3) is 3.71. The lowest BCUT2D eigenvalue weighted by atomic mass is 10.1. The topological polar surface area (TPSA) is 6.48 Å². The SMILES string of the molecule is C(=Cc1ccccc1)CN1CCN(C2CCCC2)CC1. The van der Waals surface area contributed by atoms with Crippen LogP contribution in [0.4, 0.5) is 0 Å². The van der Waals surface area contributed by atoms with Crippen molar-refractivity contribution in [2.24, 2.45) is 0 Å². The lowest BCUT2D eigenvalue weighted by molar-refractivity contribution is 0.105. The Bertz CT molecular complexity index is 412. The fraction of sp³-hybridized carbons (Fsp3) is 0.556. The van der Waals surface area contributed by atoms with E-state index in [1.54, 1.807) is 0 Å². The molecule has 2 nitrogen and oxygen atoms in total. The zero-order chi connectivity index (χ0) is 13.6. The molecule has 1 saturated carbocycles. The Kier molecular flexibility index (Phi) is 4.88. The van der Waals surface area contributed by atoms with Crippen molar-refractivity contribution < 1.29 is 0 Å². The second kappa shape index (κ2) is 7.05. The lowest BCUT2D eigenvalue weighted by Gasteiger charge is -2.37. The maximum Gasteiger partial charge on any atom is 0.0167 e. The Morgan fingerprint density at radius 1 is 0.950 bits per heavy atom. The van der Waals surface area contributed by atoms with Crippen LogP contribution in [0, 0.1) is 0 Å². The molecule has 1 aromatic carbocycles. The minimum absolute atomic E-state index is 0.900. The van der Waals surface area contributed by atoms with E-state index in [4.69, 9.17) is 0 Å². The Hall–Kier alpha value is -1.12. The molecule has 0 unspecified atom stereocenters. The maximum absolute atomic E-state index is 2.73. The maximum atomic E-state index is 2.73. The van der Waals surface area contributed by atoms with Crippen molar-refractivity contribution in [3.05, 3.63) is 42.0 Å². The molecule has 20 heavy (non-hydrogen) atoms. The second-order valence-electron chi connectivity index (χ2n) is 6.09.